The van der Waals surface area contributed by atoms with Crippen LogP contribution in [0.15, 0.2) is 65.5 Å². The molecule has 1 atom stereocenters. The highest BCUT2D eigenvalue weighted by atomic mass is 35.5. The number of benzene rings is 2. The molecule has 1 unspecified atom stereocenters. The Bertz CT molecular complexity index is 1250. The minimum Gasteiger partial charge on any atom is -0.468 e. The fourth-order valence-corrected chi connectivity index (χ4v) is 4.38. The highest BCUT2D eigenvalue weighted by Gasteiger charge is 2.34. The Morgan fingerprint density at radius 3 is 2.29 bits per heavy atom. The number of piperazine rings is 1. The molecule has 0 spiro atoms. The third-order valence-electron chi connectivity index (χ3n) is 5.90. The number of ether oxygens (including phenoxy) is 1. The van der Waals surface area contributed by atoms with Gasteiger partial charge >= 0.3 is 5.97 Å². The number of esters is 1. The molecule has 34 heavy (non-hydrogen) atoms. The van der Waals surface area contributed by atoms with Gasteiger partial charge in [-0.05, 0) is 30.7 Å². The van der Waals surface area contributed by atoms with Crippen LogP contribution in [0.4, 0.5) is 0 Å². The van der Waals surface area contributed by atoms with Crippen LogP contribution in [0, 0.1) is 6.92 Å². The summed E-state index contributed by atoms with van der Waals surface area (Å²) in [5.41, 5.74) is 1.51. The van der Waals surface area contributed by atoms with E-state index in [4.69, 9.17) is 16.3 Å². The first kappa shape index (κ1) is 23.7. The van der Waals surface area contributed by atoms with Crippen molar-refractivity contribution in [3.8, 4) is 5.69 Å². The topological polar surface area (TPSA) is 84.7 Å². The van der Waals surface area contributed by atoms with Crippen molar-refractivity contribution in [1.29, 1.82) is 0 Å². The molecular weight excluding hydrogens is 456 g/mol. The van der Waals surface area contributed by atoms with Crippen LogP contribution < -0.4 is 5.43 Å². The van der Waals surface area contributed by atoms with Crippen molar-refractivity contribution < 1.29 is 14.3 Å². The van der Waals surface area contributed by atoms with Gasteiger partial charge in [0.15, 0.2) is 5.69 Å². The van der Waals surface area contributed by atoms with Crippen LogP contribution in [0.1, 0.15) is 27.8 Å². The third-order valence-corrected chi connectivity index (χ3v) is 6.25. The molecule has 0 radical (unpaired) electrons. The normalized spacial score (nSPS) is 15.1. The SMILES string of the molecule is COC(=O)C(c1ccccc1Cl)N1CCN(C(=O)c2nn(-c3ccccc3)c(C)cc2=O)CC1. The highest BCUT2D eigenvalue weighted by Crippen LogP contribution is 2.29. The van der Waals surface area contributed by atoms with Gasteiger partial charge in [0.2, 0.25) is 5.43 Å². The van der Waals surface area contributed by atoms with E-state index in [-0.39, 0.29) is 5.69 Å². The fraction of sp³-hybridized carbons (Fsp3) is 0.280. The molecule has 1 aromatic heterocycles. The number of aromatic nitrogens is 2. The second kappa shape index (κ2) is 10.2. The summed E-state index contributed by atoms with van der Waals surface area (Å²) in [5.74, 6) is -0.847. The number of carbonyl (C=O) groups excluding carboxylic acids is 2. The molecule has 0 aliphatic carbocycles. The predicted molar refractivity (Wildman–Crippen MR) is 128 cm³/mol. The number of hydrogen-bond donors (Lipinski definition) is 0. The fourth-order valence-electron chi connectivity index (χ4n) is 4.14. The lowest BCUT2D eigenvalue weighted by atomic mass is 10.0. The van der Waals surface area contributed by atoms with E-state index in [1.54, 1.807) is 34.7 Å². The van der Waals surface area contributed by atoms with E-state index < -0.39 is 23.3 Å². The second-order valence-corrected chi connectivity index (χ2v) is 8.43. The van der Waals surface area contributed by atoms with Crippen LogP contribution in [0.5, 0.6) is 0 Å². The maximum absolute atomic E-state index is 13.2. The maximum Gasteiger partial charge on any atom is 0.327 e. The van der Waals surface area contributed by atoms with E-state index in [9.17, 15) is 14.4 Å². The van der Waals surface area contributed by atoms with Gasteiger partial charge in [0.25, 0.3) is 5.91 Å². The van der Waals surface area contributed by atoms with Crippen molar-refractivity contribution in [1.82, 2.24) is 19.6 Å². The number of hydrogen-bond acceptors (Lipinski definition) is 6. The summed E-state index contributed by atoms with van der Waals surface area (Å²) in [5, 5.41) is 4.85. The molecule has 8 nitrogen and oxygen atoms in total. The number of carbonyl (C=O) groups is 2. The third kappa shape index (κ3) is 4.73. The van der Waals surface area contributed by atoms with Gasteiger partial charge in [-0.2, -0.15) is 5.10 Å². The number of rotatable bonds is 5. The lowest BCUT2D eigenvalue weighted by Crippen LogP contribution is -2.52. The average molecular weight is 481 g/mol. The Morgan fingerprint density at radius 2 is 1.65 bits per heavy atom. The number of amides is 1. The number of nitrogens with zero attached hydrogens (tertiary/aromatic N) is 4. The zero-order valence-corrected chi connectivity index (χ0v) is 19.7. The number of halogens is 1. The Morgan fingerprint density at radius 1 is 1.00 bits per heavy atom. The van der Waals surface area contributed by atoms with E-state index in [2.05, 4.69) is 5.10 Å². The summed E-state index contributed by atoms with van der Waals surface area (Å²) in [6.07, 6.45) is 0. The van der Waals surface area contributed by atoms with Gasteiger partial charge in [0, 0.05) is 43.0 Å². The van der Waals surface area contributed by atoms with Crippen LogP contribution in [-0.4, -0.2) is 64.7 Å². The molecule has 1 amide bonds. The van der Waals surface area contributed by atoms with Gasteiger partial charge in [0.1, 0.15) is 6.04 Å². The standard InChI is InChI=1S/C25H25ClN4O4/c1-17-16-21(31)22(27-30(17)18-8-4-3-5-9-18)24(32)29-14-12-28(13-15-29)23(25(33)34-2)19-10-6-7-11-20(19)26/h3-11,16,23H,12-15H2,1-2H3. The van der Waals surface area contributed by atoms with E-state index in [1.807, 2.05) is 41.3 Å². The van der Waals surface area contributed by atoms with Crippen molar-refractivity contribution in [3.63, 3.8) is 0 Å². The highest BCUT2D eigenvalue weighted by molar-refractivity contribution is 6.31. The first-order valence-electron chi connectivity index (χ1n) is 10.9. The maximum atomic E-state index is 13.2. The molecule has 0 saturated carbocycles. The molecule has 1 saturated heterocycles. The van der Waals surface area contributed by atoms with Crippen LogP contribution >= 0.6 is 11.6 Å². The van der Waals surface area contributed by atoms with Crippen molar-refractivity contribution in [3.05, 3.63) is 92.9 Å². The lowest BCUT2D eigenvalue weighted by molar-refractivity contribution is -0.148. The van der Waals surface area contributed by atoms with E-state index in [1.165, 1.54) is 13.2 Å². The van der Waals surface area contributed by atoms with Crippen molar-refractivity contribution in [2.75, 3.05) is 33.3 Å². The van der Waals surface area contributed by atoms with E-state index >= 15 is 0 Å². The molecule has 1 aliphatic rings. The molecule has 2 aromatic carbocycles. The van der Waals surface area contributed by atoms with Gasteiger partial charge in [-0.15, -0.1) is 0 Å². The molecule has 0 N–H and O–H groups in total. The average Bonchev–Trinajstić information content (AvgIpc) is 2.86. The Hall–Kier alpha value is -3.49. The Labute approximate surface area is 202 Å². The molecule has 3 aromatic rings. The molecule has 0 bridgehead atoms. The monoisotopic (exact) mass is 480 g/mol. The molecule has 4 rings (SSSR count). The van der Waals surface area contributed by atoms with Crippen LogP contribution in [0.3, 0.4) is 0 Å². The second-order valence-electron chi connectivity index (χ2n) is 8.02. The number of aryl methyl sites for hydroxylation is 1. The quantitative estimate of drug-likeness (QED) is 0.522. The molecule has 1 fully saturated rings. The summed E-state index contributed by atoms with van der Waals surface area (Å²) in [4.78, 5) is 42.0. The predicted octanol–water partition coefficient (Wildman–Crippen LogP) is 2.87. The molecule has 9 heteroatoms. The first-order chi connectivity index (χ1) is 16.4. The van der Waals surface area contributed by atoms with Crippen LogP contribution in [0.2, 0.25) is 5.02 Å². The summed E-state index contributed by atoms with van der Waals surface area (Å²) in [7, 11) is 1.34. The van der Waals surface area contributed by atoms with Crippen LogP contribution in [-0.2, 0) is 9.53 Å². The van der Waals surface area contributed by atoms with Gasteiger partial charge < -0.3 is 9.64 Å². The van der Waals surface area contributed by atoms with Gasteiger partial charge in [-0.25, -0.2) is 9.48 Å². The Balaban J connectivity index is 1.54. The smallest absolute Gasteiger partial charge is 0.327 e. The summed E-state index contributed by atoms with van der Waals surface area (Å²) >= 11 is 6.35. The number of para-hydroxylation sites is 1. The molecule has 1 aliphatic heterocycles. The summed E-state index contributed by atoms with van der Waals surface area (Å²) < 4.78 is 6.62. The molecular formula is C25H25ClN4O4. The largest absolute Gasteiger partial charge is 0.468 e. The van der Waals surface area contributed by atoms with Crippen molar-refractivity contribution in [2.24, 2.45) is 0 Å². The van der Waals surface area contributed by atoms with Crippen molar-refractivity contribution >= 4 is 23.5 Å². The van der Waals surface area contributed by atoms with Crippen molar-refractivity contribution in [2.45, 2.75) is 13.0 Å². The minimum atomic E-state index is -0.677. The zero-order chi connectivity index (χ0) is 24.2. The molecule has 176 valence electrons. The van der Waals surface area contributed by atoms with E-state index in [0.717, 1.165) is 5.69 Å². The Kier molecular flexibility index (Phi) is 7.09. The zero-order valence-electron chi connectivity index (χ0n) is 19.0. The number of methoxy groups -OCH3 is 1. The summed E-state index contributed by atoms with van der Waals surface area (Å²) in [6, 6.07) is 17.2. The first-order valence-corrected chi connectivity index (χ1v) is 11.3. The lowest BCUT2D eigenvalue weighted by Gasteiger charge is -2.38. The minimum absolute atomic E-state index is 0.126. The van der Waals surface area contributed by atoms with E-state index in [0.29, 0.717) is 42.5 Å². The molecule has 2 heterocycles. The van der Waals surface area contributed by atoms with Gasteiger partial charge in [-0.1, -0.05) is 48.0 Å². The van der Waals surface area contributed by atoms with Gasteiger partial charge in [-0.3, -0.25) is 14.5 Å². The summed E-state index contributed by atoms with van der Waals surface area (Å²) in [6.45, 7) is 3.26. The van der Waals surface area contributed by atoms with Gasteiger partial charge in [0.05, 0.1) is 12.8 Å². The van der Waals surface area contributed by atoms with Crippen LogP contribution in [0.25, 0.3) is 5.69 Å².